The molecule has 2 heterocycles. The molecule has 0 bridgehead atoms. The molecule has 0 aromatic carbocycles. The molecule has 0 atom stereocenters. The Labute approximate surface area is 99.3 Å². The van der Waals surface area contributed by atoms with Crippen molar-refractivity contribution >= 4 is 11.9 Å². The topological polar surface area (TPSA) is 81.9 Å². The third-order valence-corrected chi connectivity index (χ3v) is 2.85. The van der Waals surface area contributed by atoms with Crippen molar-refractivity contribution in [3.63, 3.8) is 0 Å². The molecule has 1 aromatic rings. The highest BCUT2D eigenvalue weighted by atomic mass is 16.2. The highest BCUT2D eigenvalue weighted by Crippen LogP contribution is 2.22. The molecule has 0 unspecified atom stereocenters. The Morgan fingerprint density at radius 1 is 1.59 bits per heavy atom. The number of nitrogens with zero attached hydrogens (tertiary/aromatic N) is 4. The zero-order chi connectivity index (χ0) is 12.5. The molecule has 1 aliphatic rings. The van der Waals surface area contributed by atoms with E-state index in [1.165, 1.54) is 6.20 Å². The zero-order valence-corrected chi connectivity index (χ0v) is 9.77. The van der Waals surface area contributed by atoms with Crippen LogP contribution >= 0.6 is 0 Å². The van der Waals surface area contributed by atoms with Gasteiger partial charge in [-0.15, -0.1) is 0 Å². The van der Waals surface area contributed by atoms with E-state index >= 15 is 0 Å². The summed E-state index contributed by atoms with van der Waals surface area (Å²) in [7, 11) is 0. The molecule has 1 saturated heterocycles. The molecular weight excluding hydrogens is 218 g/mol. The predicted octanol–water partition coefficient (Wildman–Crippen LogP) is 0.0631. The van der Waals surface area contributed by atoms with Gasteiger partial charge >= 0.3 is 0 Å². The van der Waals surface area contributed by atoms with Crippen molar-refractivity contribution in [2.45, 2.75) is 19.4 Å². The second-order valence-electron chi connectivity index (χ2n) is 4.32. The molecule has 0 saturated carbocycles. The lowest BCUT2D eigenvalue weighted by Crippen LogP contribution is -2.62. The molecule has 0 radical (unpaired) electrons. The molecule has 6 nitrogen and oxygen atoms in total. The Bertz CT molecular complexity index is 491. The van der Waals surface area contributed by atoms with Gasteiger partial charge in [-0.05, 0) is 19.9 Å². The van der Waals surface area contributed by atoms with Crippen LogP contribution in [0.5, 0.6) is 0 Å². The summed E-state index contributed by atoms with van der Waals surface area (Å²) in [4.78, 5) is 21.8. The first-order valence-electron chi connectivity index (χ1n) is 5.35. The number of hydrogen-bond donors (Lipinski definition) is 1. The van der Waals surface area contributed by atoms with Gasteiger partial charge in [0.2, 0.25) is 11.9 Å². The Balaban J connectivity index is 2.38. The number of carbonyl (C=O) groups is 1. The first-order valence-corrected chi connectivity index (χ1v) is 5.35. The first-order chi connectivity index (χ1) is 8.05. The van der Waals surface area contributed by atoms with Gasteiger partial charge in [0.1, 0.15) is 17.3 Å². The lowest BCUT2D eigenvalue weighted by molar-refractivity contribution is -0.126. The minimum Gasteiger partial charge on any atom is -0.352 e. The summed E-state index contributed by atoms with van der Waals surface area (Å²) in [5.74, 6) is 0.360. The average Bonchev–Trinajstić information content (AvgIpc) is 2.32. The van der Waals surface area contributed by atoms with Crippen LogP contribution in [0.3, 0.4) is 0 Å². The van der Waals surface area contributed by atoms with Crippen LogP contribution in [0.4, 0.5) is 5.95 Å². The van der Waals surface area contributed by atoms with Crippen molar-refractivity contribution in [2.75, 3.05) is 18.0 Å². The summed E-state index contributed by atoms with van der Waals surface area (Å²) >= 11 is 0. The fraction of sp³-hybridized carbons (Fsp3) is 0.455. The number of carbonyl (C=O) groups excluding carboxylic acids is 1. The van der Waals surface area contributed by atoms with Crippen molar-refractivity contribution < 1.29 is 4.79 Å². The molecule has 0 spiro atoms. The van der Waals surface area contributed by atoms with E-state index in [1.807, 2.05) is 24.8 Å². The Kier molecular flexibility index (Phi) is 2.68. The number of amides is 1. The standard InChI is InChI=1S/C11H13N5O/c1-11(2)9(17)13-5-6-16(11)10-14-4-3-8(7-12)15-10/h3-4H,5-6H2,1-2H3,(H,13,17). The summed E-state index contributed by atoms with van der Waals surface area (Å²) in [5.41, 5.74) is -0.399. The van der Waals surface area contributed by atoms with Gasteiger partial charge in [-0.3, -0.25) is 4.79 Å². The number of anilines is 1. The van der Waals surface area contributed by atoms with Crippen LogP contribution < -0.4 is 10.2 Å². The third kappa shape index (κ3) is 1.91. The van der Waals surface area contributed by atoms with E-state index in [0.29, 0.717) is 24.7 Å². The number of aromatic nitrogens is 2. The number of hydrogen-bond acceptors (Lipinski definition) is 5. The molecule has 1 aromatic heterocycles. The summed E-state index contributed by atoms with van der Waals surface area (Å²) in [6.45, 7) is 4.81. The number of nitriles is 1. The minimum absolute atomic E-state index is 0.0605. The fourth-order valence-electron chi connectivity index (χ4n) is 1.79. The van der Waals surface area contributed by atoms with Crippen LogP contribution in [0.2, 0.25) is 0 Å². The summed E-state index contributed by atoms with van der Waals surface area (Å²) in [6.07, 6.45) is 1.53. The zero-order valence-electron chi connectivity index (χ0n) is 9.77. The Morgan fingerprint density at radius 2 is 2.35 bits per heavy atom. The lowest BCUT2D eigenvalue weighted by Gasteiger charge is -2.41. The Morgan fingerprint density at radius 3 is 3.06 bits per heavy atom. The number of piperazine rings is 1. The van der Waals surface area contributed by atoms with Gasteiger partial charge in [-0.1, -0.05) is 0 Å². The molecule has 1 aliphatic heterocycles. The van der Waals surface area contributed by atoms with Crippen LogP contribution in [-0.4, -0.2) is 34.5 Å². The van der Waals surface area contributed by atoms with Crippen molar-refractivity contribution in [3.8, 4) is 6.07 Å². The van der Waals surface area contributed by atoms with Gasteiger partial charge in [-0.25, -0.2) is 9.97 Å². The van der Waals surface area contributed by atoms with Crippen LogP contribution in [0.1, 0.15) is 19.5 Å². The second-order valence-corrected chi connectivity index (χ2v) is 4.32. The molecule has 0 aliphatic carbocycles. The molecule has 1 N–H and O–H groups in total. The van der Waals surface area contributed by atoms with Crippen LogP contribution in [0.15, 0.2) is 12.3 Å². The molecule has 1 amide bonds. The van der Waals surface area contributed by atoms with E-state index < -0.39 is 5.54 Å². The first kappa shape index (κ1) is 11.3. The predicted molar refractivity (Wildman–Crippen MR) is 61.2 cm³/mol. The van der Waals surface area contributed by atoms with Gasteiger partial charge in [0.25, 0.3) is 0 Å². The summed E-state index contributed by atoms with van der Waals surface area (Å²) in [5, 5.41) is 11.6. The van der Waals surface area contributed by atoms with Crippen LogP contribution in [0, 0.1) is 11.3 Å². The quantitative estimate of drug-likeness (QED) is 0.739. The third-order valence-electron chi connectivity index (χ3n) is 2.85. The van der Waals surface area contributed by atoms with Gasteiger partial charge < -0.3 is 10.2 Å². The number of nitrogens with one attached hydrogen (secondary N) is 1. The molecule has 88 valence electrons. The van der Waals surface area contributed by atoms with E-state index in [0.717, 1.165) is 0 Å². The fourth-order valence-corrected chi connectivity index (χ4v) is 1.79. The Hall–Kier alpha value is -2.16. The SMILES string of the molecule is CC1(C)C(=O)NCCN1c1nccc(C#N)n1. The lowest BCUT2D eigenvalue weighted by atomic mass is 9.99. The van der Waals surface area contributed by atoms with E-state index in [2.05, 4.69) is 15.3 Å². The smallest absolute Gasteiger partial charge is 0.245 e. The van der Waals surface area contributed by atoms with Gasteiger partial charge in [0, 0.05) is 19.3 Å². The minimum atomic E-state index is -0.702. The second kappa shape index (κ2) is 4.01. The summed E-state index contributed by atoms with van der Waals surface area (Å²) in [6, 6.07) is 3.51. The van der Waals surface area contributed by atoms with Crippen LogP contribution in [0.25, 0.3) is 0 Å². The van der Waals surface area contributed by atoms with E-state index in [1.54, 1.807) is 6.07 Å². The maximum atomic E-state index is 11.8. The van der Waals surface area contributed by atoms with Crippen molar-refractivity contribution in [1.82, 2.24) is 15.3 Å². The van der Waals surface area contributed by atoms with E-state index in [4.69, 9.17) is 5.26 Å². The van der Waals surface area contributed by atoms with Crippen molar-refractivity contribution in [3.05, 3.63) is 18.0 Å². The molecule has 1 fully saturated rings. The van der Waals surface area contributed by atoms with Crippen LogP contribution in [-0.2, 0) is 4.79 Å². The van der Waals surface area contributed by atoms with E-state index in [9.17, 15) is 4.79 Å². The molecule has 6 heteroatoms. The molecule has 17 heavy (non-hydrogen) atoms. The van der Waals surface area contributed by atoms with Crippen molar-refractivity contribution in [2.24, 2.45) is 0 Å². The normalized spacial score (nSPS) is 18.4. The monoisotopic (exact) mass is 231 g/mol. The molecule has 2 rings (SSSR count). The maximum Gasteiger partial charge on any atom is 0.245 e. The summed E-state index contributed by atoms with van der Waals surface area (Å²) < 4.78 is 0. The highest BCUT2D eigenvalue weighted by Gasteiger charge is 2.39. The highest BCUT2D eigenvalue weighted by molar-refractivity contribution is 5.89. The van der Waals surface area contributed by atoms with Gasteiger partial charge in [-0.2, -0.15) is 5.26 Å². The van der Waals surface area contributed by atoms with Crippen molar-refractivity contribution in [1.29, 1.82) is 5.26 Å². The maximum absolute atomic E-state index is 11.8. The number of rotatable bonds is 1. The largest absolute Gasteiger partial charge is 0.352 e. The average molecular weight is 231 g/mol. The van der Waals surface area contributed by atoms with E-state index in [-0.39, 0.29) is 5.91 Å². The van der Waals surface area contributed by atoms with Gasteiger partial charge in [0.05, 0.1) is 0 Å². The molecular formula is C11H13N5O. The van der Waals surface area contributed by atoms with Gasteiger partial charge in [0.15, 0.2) is 0 Å².